The number of hydrogen-bond donors (Lipinski definition) is 0. The lowest BCUT2D eigenvalue weighted by molar-refractivity contribution is -0.143. The number of hydrogen-bond acceptors (Lipinski definition) is 5. The third-order valence-electron chi connectivity index (χ3n) is 3.00. The van der Waals surface area contributed by atoms with Crippen molar-refractivity contribution < 1.29 is 14.3 Å². The number of aryl methyl sites for hydroxylation is 3. The molecule has 0 fully saturated rings. The standard InChI is InChI=1S/C12H14N2O3/c1-6-10-9(14-7(2)13-6)5-4-8(11(10)15)12(16)17-3/h8H,4-5H2,1-3H3. The minimum absolute atomic E-state index is 0.212. The van der Waals surface area contributed by atoms with Crippen LogP contribution >= 0.6 is 0 Å². The highest BCUT2D eigenvalue weighted by Gasteiger charge is 2.35. The second kappa shape index (κ2) is 4.24. The summed E-state index contributed by atoms with van der Waals surface area (Å²) in [5.41, 5.74) is 1.89. The molecule has 0 bridgehead atoms. The monoisotopic (exact) mass is 234 g/mol. The summed E-state index contributed by atoms with van der Waals surface area (Å²) in [5.74, 6) is -0.723. The number of aromatic nitrogens is 2. The quantitative estimate of drug-likeness (QED) is 0.536. The van der Waals surface area contributed by atoms with Crippen LogP contribution in [0.1, 0.15) is 34.0 Å². The van der Waals surface area contributed by atoms with Gasteiger partial charge >= 0.3 is 5.97 Å². The lowest BCUT2D eigenvalue weighted by Gasteiger charge is -2.21. The molecule has 90 valence electrons. The summed E-state index contributed by atoms with van der Waals surface area (Å²) >= 11 is 0. The molecular weight excluding hydrogens is 220 g/mol. The molecule has 0 aromatic carbocycles. The number of fused-ring (bicyclic) bond motifs is 1. The molecule has 1 unspecified atom stereocenters. The molecule has 17 heavy (non-hydrogen) atoms. The number of esters is 1. The summed E-state index contributed by atoms with van der Waals surface area (Å²) in [7, 11) is 1.30. The molecule has 1 aliphatic carbocycles. The number of methoxy groups -OCH3 is 1. The van der Waals surface area contributed by atoms with Gasteiger partial charge in [-0.3, -0.25) is 9.59 Å². The molecule has 1 atom stereocenters. The van der Waals surface area contributed by atoms with E-state index in [1.54, 1.807) is 13.8 Å². The summed E-state index contributed by atoms with van der Waals surface area (Å²) in [5, 5.41) is 0. The summed E-state index contributed by atoms with van der Waals surface area (Å²) in [6.07, 6.45) is 1.08. The predicted octanol–water partition coefficient (Wildman–Crippen LogP) is 1.01. The molecule has 0 N–H and O–H groups in total. The summed E-state index contributed by atoms with van der Waals surface area (Å²) in [6, 6.07) is 0. The molecule has 0 radical (unpaired) electrons. The van der Waals surface area contributed by atoms with Crippen molar-refractivity contribution in [2.75, 3.05) is 7.11 Å². The van der Waals surface area contributed by atoms with Gasteiger partial charge in [0.25, 0.3) is 0 Å². The van der Waals surface area contributed by atoms with E-state index in [0.717, 1.165) is 5.69 Å². The first-order valence-electron chi connectivity index (χ1n) is 5.50. The van der Waals surface area contributed by atoms with Crippen molar-refractivity contribution >= 4 is 11.8 Å². The van der Waals surface area contributed by atoms with Gasteiger partial charge in [-0.05, 0) is 26.7 Å². The molecular formula is C12H14N2O3. The minimum Gasteiger partial charge on any atom is -0.468 e. The van der Waals surface area contributed by atoms with Crippen molar-refractivity contribution in [2.45, 2.75) is 26.7 Å². The Balaban J connectivity index is 2.45. The molecule has 5 heteroatoms. The fourth-order valence-corrected chi connectivity index (χ4v) is 2.24. The van der Waals surface area contributed by atoms with Gasteiger partial charge in [0.05, 0.1) is 24.1 Å². The van der Waals surface area contributed by atoms with E-state index in [2.05, 4.69) is 14.7 Å². The van der Waals surface area contributed by atoms with E-state index in [4.69, 9.17) is 0 Å². The van der Waals surface area contributed by atoms with Gasteiger partial charge in [0.15, 0.2) is 5.78 Å². The van der Waals surface area contributed by atoms with E-state index < -0.39 is 11.9 Å². The van der Waals surface area contributed by atoms with Crippen molar-refractivity contribution in [3.63, 3.8) is 0 Å². The summed E-state index contributed by atoms with van der Waals surface area (Å²) in [4.78, 5) is 32.1. The first kappa shape index (κ1) is 11.7. The minimum atomic E-state index is -0.697. The van der Waals surface area contributed by atoms with Crippen LogP contribution in [0.4, 0.5) is 0 Å². The highest BCUT2D eigenvalue weighted by atomic mass is 16.5. The van der Waals surface area contributed by atoms with E-state index in [-0.39, 0.29) is 5.78 Å². The average Bonchev–Trinajstić information content (AvgIpc) is 2.27. The van der Waals surface area contributed by atoms with Crippen LogP contribution in [-0.2, 0) is 16.0 Å². The van der Waals surface area contributed by atoms with E-state index in [1.807, 2.05) is 0 Å². The topological polar surface area (TPSA) is 69.2 Å². The number of ether oxygens (including phenoxy) is 1. The largest absolute Gasteiger partial charge is 0.468 e. The van der Waals surface area contributed by atoms with Crippen molar-refractivity contribution in [1.82, 2.24) is 9.97 Å². The van der Waals surface area contributed by atoms with Crippen LogP contribution in [0.5, 0.6) is 0 Å². The molecule has 1 aromatic rings. The molecule has 1 aromatic heterocycles. The molecule has 1 heterocycles. The predicted molar refractivity (Wildman–Crippen MR) is 59.7 cm³/mol. The zero-order valence-corrected chi connectivity index (χ0v) is 10.1. The highest BCUT2D eigenvalue weighted by molar-refractivity contribution is 6.10. The van der Waals surface area contributed by atoms with Crippen LogP contribution in [-0.4, -0.2) is 28.8 Å². The maximum absolute atomic E-state index is 12.2. The van der Waals surface area contributed by atoms with Crippen molar-refractivity contribution in [3.8, 4) is 0 Å². The smallest absolute Gasteiger partial charge is 0.316 e. The second-order valence-corrected chi connectivity index (χ2v) is 4.16. The van der Waals surface area contributed by atoms with Crippen molar-refractivity contribution in [2.24, 2.45) is 5.92 Å². The fourth-order valence-electron chi connectivity index (χ4n) is 2.24. The lowest BCUT2D eigenvalue weighted by atomic mass is 9.84. The number of carbonyl (C=O) groups excluding carboxylic acids is 2. The Kier molecular flexibility index (Phi) is 2.92. The van der Waals surface area contributed by atoms with Crippen LogP contribution in [0.25, 0.3) is 0 Å². The van der Waals surface area contributed by atoms with Gasteiger partial charge in [0.2, 0.25) is 0 Å². The maximum atomic E-state index is 12.2. The number of carbonyl (C=O) groups is 2. The average molecular weight is 234 g/mol. The van der Waals surface area contributed by atoms with Crippen LogP contribution in [0.3, 0.4) is 0 Å². The van der Waals surface area contributed by atoms with Gasteiger partial charge < -0.3 is 4.74 Å². The van der Waals surface area contributed by atoms with Crippen LogP contribution in [0, 0.1) is 19.8 Å². The Morgan fingerprint density at radius 1 is 1.35 bits per heavy atom. The number of rotatable bonds is 1. The van der Waals surface area contributed by atoms with Crippen molar-refractivity contribution in [1.29, 1.82) is 0 Å². The van der Waals surface area contributed by atoms with Gasteiger partial charge in [-0.25, -0.2) is 9.97 Å². The van der Waals surface area contributed by atoms with Crippen LogP contribution in [0.15, 0.2) is 0 Å². The first-order valence-corrected chi connectivity index (χ1v) is 5.50. The zero-order valence-electron chi connectivity index (χ0n) is 10.1. The van der Waals surface area contributed by atoms with Crippen LogP contribution < -0.4 is 0 Å². The molecule has 0 amide bonds. The Hall–Kier alpha value is -1.78. The second-order valence-electron chi connectivity index (χ2n) is 4.16. The van der Waals surface area contributed by atoms with Crippen molar-refractivity contribution in [3.05, 3.63) is 22.8 Å². The molecule has 0 saturated heterocycles. The van der Waals surface area contributed by atoms with Crippen LogP contribution in [0.2, 0.25) is 0 Å². The molecule has 2 rings (SSSR count). The Morgan fingerprint density at radius 2 is 2.06 bits per heavy atom. The summed E-state index contributed by atoms with van der Waals surface area (Å²) < 4.78 is 4.64. The Morgan fingerprint density at radius 3 is 2.71 bits per heavy atom. The van der Waals surface area contributed by atoms with Gasteiger partial charge in [0.1, 0.15) is 11.7 Å². The van der Waals surface area contributed by atoms with E-state index in [1.165, 1.54) is 7.11 Å². The third-order valence-corrected chi connectivity index (χ3v) is 3.00. The van der Waals surface area contributed by atoms with Gasteiger partial charge in [-0.2, -0.15) is 0 Å². The fraction of sp³-hybridized carbons (Fsp3) is 0.500. The SMILES string of the molecule is COC(=O)C1CCc2nc(C)nc(C)c2C1=O. The Bertz CT molecular complexity index is 497. The number of Topliss-reactive ketones (excluding diaryl/α,β-unsaturated/α-hetero) is 1. The van der Waals surface area contributed by atoms with E-state index in [0.29, 0.717) is 29.9 Å². The molecule has 1 aliphatic rings. The highest BCUT2D eigenvalue weighted by Crippen LogP contribution is 2.26. The molecule has 0 saturated carbocycles. The number of ketones is 1. The lowest BCUT2D eigenvalue weighted by Crippen LogP contribution is -2.32. The third kappa shape index (κ3) is 1.92. The van der Waals surface area contributed by atoms with Gasteiger partial charge in [0, 0.05) is 0 Å². The van der Waals surface area contributed by atoms with E-state index >= 15 is 0 Å². The molecule has 0 aliphatic heterocycles. The van der Waals surface area contributed by atoms with E-state index in [9.17, 15) is 9.59 Å². The maximum Gasteiger partial charge on any atom is 0.316 e. The Labute approximate surface area is 99.2 Å². The first-order chi connectivity index (χ1) is 8.04. The van der Waals surface area contributed by atoms with Gasteiger partial charge in [-0.1, -0.05) is 0 Å². The molecule has 5 nitrogen and oxygen atoms in total. The molecule has 0 spiro atoms. The summed E-state index contributed by atoms with van der Waals surface area (Å²) in [6.45, 7) is 3.56. The number of nitrogens with zero attached hydrogens (tertiary/aromatic N) is 2. The van der Waals surface area contributed by atoms with Gasteiger partial charge in [-0.15, -0.1) is 0 Å². The normalized spacial score (nSPS) is 18.8. The zero-order chi connectivity index (χ0) is 12.6.